The number of rotatable bonds is 9. The number of fused-ring (bicyclic) bond motifs is 1. The lowest BCUT2D eigenvalue weighted by Gasteiger charge is -2.21. The number of anilines is 1. The second-order valence-electron chi connectivity index (χ2n) is 9.03. The minimum atomic E-state index is -0.419. The zero-order valence-corrected chi connectivity index (χ0v) is 22.7. The van der Waals surface area contributed by atoms with Crippen LogP contribution in [0.1, 0.15) is 29.4 Å². The van der Waals surface area contributed by atoms with Gasteiger partial charge in [0, 0.05) is 29.9 Å². The summed E-state index contributed by atoms with van der Waals surface area (Å²) >= 11 is 0. The van der Waals surface area contributed by atoms with Crippen molar-refractivity contribution in [3.63, 3.8) is 0 Å². The standard InChI is InChI=1S/C30H29N5O5/c1-5-15-34(29(36)28-19(2)33-35(30(28)37)20-9-7-6-8-10-20)27-12-11-21(18-32-27)40-24-13-14-31-23-17-26(39-4)25(38-3)16-22(23)24/h6-14,16-18,33H,5,15H2,1-4H3. The first-order valence-corrected chi connectivity index (χ1v) is 12.8. The average molecular weight is 540 g/mol. The van der Waals surface area contributed by atoms with E-state index in [0.717, 1.165) is 5.39 Å². The minimum Gasteiger partial charge on any atom is -0.493 e. The number of aryl methyl sites for hydroxylation is 1. The van der Waals surface area contributed by atoms with Crippen LogP contribution in [-0.2, 0) is 0 Å². The number of hydrogen-bond acceptors (Lipinski definition) is 7. The van der Waals surface area contributed by atoms with E-state index >= 15 is 0 Å². The molecule has 0 unspecified atom stereocenters. The number of aromatic amines is 1. The fourth-order valence-corrected chi connectivity index (χ4v) is 4.49. The quantitative estimate of drug-likeness (QED) is 0.271. The van der Waals surface area contributed by atoms with Gasteiger partial charge in [0.2, 0.25) is 0 Å². The third-order valence-corrected chi connectivity index (χ3v) is 6.42. The van der Waals surface area contributed by atoms with Gasteiger partial charge in [0.25, 0.3) is 11.5 Å². The molecule has 0 aliphatic rings. The molecule has 1 N–H and O–H groups in total. The van der Waals surface area contributed by atoms with Gasteiger partial charge in [-0.2, -0.15) is 0 Å². The van der Waals surface area contributed by atoms with Gasteiger partial charge < -0.3 is 14.2 Å². The Balaban J connectivity index is 1.43. The highest BCUT2D eigenvalue weighted by Gasteiger charge is 2.26. The van der Waals surface area contributed by atoms with Crippen LogP contribution < -0.4 is 24.7 Å². The van der Waals surface area contributed by atoms with Crippen LogP contribution in [0.25, 0.3) is 16.6 Å². The molecule has 3 heterocycles. The van der Waals surface area contributed by atoms with Crippen molar-refractivity contribution in [3.8, 4) is 28.7 Å². The second kappa shape index (κ2) is 11.3. The molecule has 0 fully saturated rings. The summed E-state index contributed by atoms with van der Waals surface area (Å²) in [6.45, 7) is 4.06. The summed E-state index contributed by atoms with van der Waals surface area (Å²) in [5.74, 6) is 2.15. The molecule has 10 heteroatoms. The van der Waals surface area contributed by atoms with E-state index in [1.54, 1.807) is 76.0 Å². The van der Waals surface area contributed by atoms with E-state index in [9.17, 15) is 9.59 Å². The maximum atomic E-state index is 13.6. The van der Waals surface area contributed by atoms with Gasteiger partial charge in [-0.05, 0) is 49.7 Å². The number of amides is 1. The molecule has 0 radical (unpaired) electrons. The molecular formula is C30H29N5O5. The highest BCUT2D eigenvalue weighted by molar-refractivity contribution is 6.06. The summed E-state index contributed by atoms with van der Waals surface area (Å²) in [5.41, 5.74) is 1.48. The van der Waals surface area contributed by atoms with Gasteiger partial charge in [-0.15, -0.1) is 0 Å². The van der Waals surface area contributed by atoms with E-state index < -0.39 is 11.5 Å². The summed E-state index contributed by atoms with van der Waals surface area (Å²) in [4.78, 5) is 37.3. The predicted molar refractivity (Wildman–Crippen MR) is 152 cm³/mol. The molecule has 0 spiro atoms. The molecule has 2 aromatic carbocycles. The van der Waals surface area contributed by atoms with Crippen molar-refractivity contribution in [1.29, 1.82) is 0 Å². The van der Waals surface area contributed by atoms with E-state index in [1.807, 2.05) is 25.1 Å². The van der Waals surface area contributed by atoms with Crippen molar-refractivity contribution >= 4 is 22.6 Å². The van der Waals surface area contributed by atoms with Crippen molar-refractivity contribution < 1.29 is 19.0 Å². The van der Waals surface area contributed by atoms with E-state index in [0.29, 0.717) is 58.7 Å². The van der Waals surface area contributed by atoms with Crippen LogP contribution in [0.3, 0.4) is 0 Å². The summed E-state index contributed by atoms with van der Waals surface area (Å²) in [7, 11) is 3.14. The lowest BCUT2D eigenvalue weighted by atomic mass is 10.2. The number of methoxy groups -OCH3 is 2. The number of benzene rings is 2. The Bertz CT molecular complexity index is 1710. The molecular weight excluding hydrogens is 510 g/mol. The number of carbonyl (C=O) groups is 1. The van der Waals surface area contributed by atoms with Crippen molar-refractivity contribution in [3.05, 3.63) is 94.7 Å². The average Bonchev–Trinajstić information content (AvgIpc) is 3.29. The summed E-state index contributed by atoms with van der Waals surface area (Å²) in [6, 6.07) is 17.9. The fraction of sp³-hybridized carbons (Fsp3) is 0.200. The van der Waals surface area contributed by atoms with Gasteiger partial charge in [-0.1, -0.05) is 25.1 Å². The zero-order valence-electron chi connectivity index (χ0n) is 22.7. The topological polar surface area (TPSA) is 112 Å². The molecule has 40 heavy (non-hydrogen) atoms. The number of pyridine rings is 2. The van der Waals surface area contributed by atoms with Crippen molar-refractivity contribution in [2.45, 2.75) is 20.3 Å². The van der Waals surface area contributed by atoms with E-state index in [-0.39, 0.29) is 5.56 Å². The SMILES string of the molecule is CCCN(C(=O)c1c(C)[nH]n(-c2ccccc2)c1=O)c1ccc(Oc2ccnc3cc(OC)c(OC)cc23)cn1. The molecule has 10 nitrogen and oxygen atoms in total. The van der Waals surface area contributed by atoms with Crippen LogP contribution in [0.15, 0.2) is 77.9 Å². The van der Waals surface area contributed by atoms with Crippen molar-refractivity contribution in [2.24, 2.45) is 0 Å². The van der Waals surface area contributed by atoms with Gasteiger partial charge >= 0.3 is 0 Å². The molecule has 1 amide bonds. The molecule has 5 rings (SSSR count). The first-order chi connectivity index (χ1) is 19.4. The number of nitrogens with one attached hydrogen (secondary N) is 1. The Kier molecular flexibility index (Phi) is 7.50. The van der Waals surface area contributed by atoms with Crippen molar-refractivity contribution in [1.82, 2.24) is 19.7 Å². The number of hydrogen-bond donors (Lipinski definition) is 1. The highest BCUT2D eigenvalue weighted by atomic mass is 16.5. The normalized spacial score (nSPS) is 10.9. The molecule has 0 saturated heterocycles. The first kappa shape index (κ1) is 26.5. The lowest BCUT2D eigenvalue weighted by molar-refractivity contribution is 0.0984. The van der Waals surface area contributed by atoms with Gasteiger partial charge in [-0.25, -0.2) is 9.67 Å². The van der Waals surface area contributed by atoms with E-state index in [1.165, 1.54) is 9.58 Å². The maximum absolute atomic E-state index is 13.6. The van der Waals surface area contributed by atoms with E-state index in [4.69, 9.17) is 14.2 Å². The molecule has 0 saturated carbocycles. The molecule has 3 aromatic heterocycles. The van der Waals surface area contributed by atoms with Gasteiger partial charge in [0.05, 0.1) is 31.6 Å². The van der Waals surface area contributed by atoms with Crippen LogP contribution in [0, 0.1) is 6.92 Å². The molecule has 0 bridgehead atoms. The minimum absolute atomic E-state index is 0.0760. The number of para-hydroxylation sites is 1. The molecule has 0 aliphatic heterocycles. The largest absolute Gasteiger partial charge is 0.493 e. The van der Waals surface area contributed by atoms with Gasteiger partial charge in [0.1, 0.15) is 22.9 Å². The molecule has 204 valence electrons. The van der Waals surface area contributed by atoms with Crippen molar-refractivity contribution in [2.75, 3.05) is 25.7 Å². The summed E-state index contributed by atoms with van der Waals surface area (Å²) in [6.07, 6.45) is 3.87. The number of aromatic nitrogens is 4. The second-order valence-corrected chi connectivity index (χ2v) is 9.03. The first-order valence-electron chi connectivity index (χ1n) is 12.8. The molecule has 5 aromatic rings. The highest BCUT2D eigenvalue weighted by Crippen LogP contribution is 2.37. The number of carbonyl (C=O) groups excluding carboxylic acids is 1. The maximum Gasteiger partial charge on any atom is 0.284 e. The van der Waals surface area contributed by atoms with Gasteiger partial charge in [-0.3, -0.25) is 24.6 Å². The fourth-order valence-electron chi connectivity index (χ4n) is 4.49. The molecule has 0 atom stereocenters. The Morgan fingerprint density at radius 1 is 0.975 bits per heavy atom. The molecule has 0 aliphatic carbocycles. The van der Waals surface area contributed by atoms with Gasteiger partial charge in [0.15, 0.2) is 11.5 Å². The number of H-pyrrole nitrogens is 1. The van der Waals surface area contributed by atoms with E-state index in [2.05, 4.69) is 15.1 Å². The van der Waals surface area contributed by atoms with Crippen LogP contribution >= 0.6 is 0 Å². The Morgan fingerprint density at radius 3 is 2.40 bits per heavy atom. The Hall–Kier alpha value is -5.12. The Labute approximate surface area is 230 Å². The number of nitrogens with zero attached hydrogens (tertiary/aromatic N) is 4. The predicted octanol–water partition coefficient (Wildman–Crippen LogP) is 5.28. The van der Waals surface area contributed by atoms with Crippen LogP contribution in [0.5, 0.6) is 23.0 Å². The monoisotopic (exact) mass is 539 g/mol. The van der Waals surface area contributed by atoms with Crippen LogP contribution in [0.2, 0.25) is 0 Å². The summed E-state index contributed by atoms with van der Waals surface area (Å²) in [5, 5.41) is 3.76. The smallest absolute Gasteiger partial charge is 0.284 e. The third kappa shape index (κ3) is 4.98. The Morgan fingerprint density at radius 2 is 1.73 bits per heavy atom. The summed E-state index contributed by atoms with van der Waals surface area (Å²) < 4.78 is 18.3. The zero-order chi connectivity index (χ0) is 28.2. The van der Waals surface area contributed by atoms with Crippen LogP contribution in [-0.4, -0.2) is 46.4 Å². The van der Waals surface area contributed by atoms with Crippen LogP contribution in [0.4, 0.5) is 5.82 Å². The third-order valence-electron chi connectivity index (χ3n) is 6.42. The lowest BCUT2D eigenvalue weighted by Crippen LogP contribution is -2.36. The number of ether oxygens (including phenoxy) is 3.